The van der Waals surface area contributed by atoms with Crippen LogP contribution in [-0.4, -0.2) is 12.7 Å². The van der Waals surface area contributed by atoms with Crippen molar-refractivity contribution in [3.05, 3.63) is 11.2 Å². The standard InChI is InChI=1S/C5H8ClN3/c1-4(6)3-9-5(7)8-2/h3H,2H2,1H3,(H2,7,9)/b4-3+. The van der Waals surface area contributed by atoms with Gasteiger partial charge in [-0.05, 0) is 13.6 Å². The average molecular weight is 146 g/mol. The van der Waals surface area contributed by atoms with Gasteiger partial charge in [0.15, 0.2) is 0 Å². The molecule has 0 aliphatic carbocycles. The van der Waals surface area contributed by atoms with E-state index in [0.717, 1.165) is 0 Å². The Hall–Kier alpha value is -0.830. The van der Waals surface area contributed by atoms with Crippen molar-refractivity contribution >= 4 is 24.3 Å². The normalized spacial score (nSPS) is 13.6. The molecule has 0 spiro atoms. The molecule has 0 aliphatic rings. The third-order valence-electron chi connectivity index (χ3n) is 0.537. The van der Waals surface area contributed by atoms with Crippen molar-refractivity contribution in [2.75, 3.05) is 0 Å². The number of rotatable bonds is 1. The van der Waals surface area contributed by atoms with Gasteiger partial charge in [-0.1, -0.05) is 11.6 Å². The maximum atomic E-state index is 5.42. The zero-order chi connectivity index (χ0) is 7.28. The predicted octanol–water partition coefficient (Wildman–Crippen LogP) is 1.10. The lowest BCUT2D eigenvalue weighted by Gasteiger charge is -1.84. The molecule has 0 atom stereocenters. The van der Waals surface area contributed by atoms with Crippen LogP contribution < -0.4 is 5.73 Å². The zero-order valence-electron chi connectivity index (χ0n) is 5.13. The first kappa shape index (κ1) is 8.17. The van der Waals surface area contributed by atoms with E-state index in [4.69, 9.17) is 17.3 Å². The van der Waals surface area contributed by atoms with Crippen LogP contribution in [0.4, 0.5) is 0 Å². The highest BCUT2D eigenvalue weighted by molar-refractivity contribution is 6.29. The highest BCUT2D eigenvalue weighted by atomic mass is 35.5. The van der Waals surface area contributed by atoms with Gasteiger partial charge in [0.05, 0.1) is 0 Å². The Kier molecular flexibility index (Phi) is 3.71. The molecule has 0 aromatic rings. The van der Waals surface area contributed by atoms with Crippen LogP contribution in [0.25, 0.3) is 0 Å². The highest BCUT2D eigenvalue weighted by Crippen LogP contribution is 1.96. The Bertz CT molecular complexity index is 156. The molecule has 3 nitrogen and oxygen atoms in total. The quantitative estimate of drug-likeness (QED) is 0.436. The Morgan fingerprint density at radius 1 is 1.78 bits per heavy atom. The molecule has 0 aromatic heterocycles. The summed E-state index contributed by atoms with van der Waals surface area (Å²) in [5.41, 5.74) is 5.14. The van der Waals surface area contributed by atoms with Crippen molar-refractivity contribution in [2.24, 2.45) is 15.7 Å². The van der Waals surface area contributed by atoms with Gasteiger partial charge in [0.2, 0.25) is 5.96 Å². The SMILES string of the molecule is C=N/C(N)=N\C=C(/C)Cl. The van der Waals surface area contributed by atoms with E-state index in [1.165, 1.54) is 6.20 Å². The number of hydrogen-bond donors (Lipinski definition) is 1. The molecular formula is C5H8ClN3. The number of allylic oxidation sites excluding steroid dienone is 1. The van der Waals surface area contributed by atoms with E-state index in [1.807, 2.05) is 0 Å². The first-order valence-corrected chi connectivity index (χ1v) is 2.67. The molecular weight excluding hydrogens is 138 g/mol. The van der Waals surface area contributed by atoms with Gasteiger partial charge in [-0.15, -0.1) is 0 Å². The van der Waals surface area contributed by atoms with Crippen LogP contribution in [0.1, 0.15) is 6.92 Å². The third-order valence-corrected chi connectivity index (χ3v) is 0.634. The molecule has 0 radical (unpaired) electrons. The lowest BCUT2D eigenvalue weighted by molar-refractivity contribution is 1.41. The summed E-state index contributed by atoms with van der Waals surface area (Å²) >= 11 is 5.42. The van der Waals surface area contributed by atoms with Gasteiger partial charge in [-0.2, -0.15) is 0 Å². The fourth-order valence-electron chi connectivity index (χ4n) is 0.196. The van der Waals surface area contributed by atoms with Crippen LogP contribution in [0.2, 0.25) is 0 Å². The van der Waals surface area contributed by atoms with E-state index in [0.29, 0.717) is 5.03 Å². The number of hydrogen-bond acceptors (Lipinski definition) is 1. The van der Waals surface area contributed by atoms with Crippen LogP contribution >= 0.6 is 11.6 Å². The highest BCUT2D eigenvalue weighted by Gasteiger charge is 1.78. The molecule has 0 aromatic carbocycles. The average Bonchev–Trinajstić information content (AvgIpc) is 1.83. The summed E-state index contributed by atoms with van der Waals surface area (Å²) in [4.78, 5) is 6.95. The van der Waals surface area contributed by atoms with Gasteiger partial charge in [0.1, 0.15) is 0 Å². The van der Waals surface area contributed by atoms with Crippen molar-refractivity contribution in [3.63, 3.8) is 0 Å². The molecule has 0 rings (SSSR count). The van der Waals surface area contributed by atoms with Crippen molar-refractivity contribution in [1.29, 1.82) is 0 Å². The number of guanidine groups is 1. The summed E-state index contributed by atoms with van der Waals surface area (Å²) in [7, 11) is 0. The van der Waals surface area contributed by atoms with Gasteiger partial charge < -0.3 is 5.73 Å². The van der Waals surface area contributed by atoms with E-state index in [2.05, 4.69) is 16.7 Å². The van der Waals surface area contributed by atoms with E-state index < -0.39 is 0 Å². The van der Waals surface area contributed by atoms with Crippen molar-refractivity contribution in [1.82, 2.24) is 0 Å². The molecule has 0 heterocycles. The monoisotopic (exact) mass is 145 g/mol. The Labute approximate surface area is 58.9 Å². The number of halogens is 1. The summed E-state index contributed by atoms with van der Waals surface area (Å²) in [5, 5.41) is 0.557. The second-order valence-corrected chi connectivity index (χ2v) is 1.96. The summed E-state index contributed by atoms with van der Waals surface area (Å²) < 4.78 is 0. The second-order valence-electron chi connectivity index (χ2n) is 1.36. The minimum absolute atomic E-state index is 0.120. The molecule has 4 heteroatoms. The maximum absolute atomic E-state index is 5.42. The first-order valence-electron chi connectivity index (χ1n) is 2.29. The molecule has 0 bridgehead atoms. The lowest BCUT2D eigenvalue weighted by Crippen LogP contribution is -2.05. The maximum Gasteiger partial charge on any atom is 0.219 e. The number of nitrogens with two attached hydrogens (primary N) is 1. The fraction of sp³-hybridized carbons (Fsp3) is 0.200. The Morgan fingerprint density at radius 3 is 2.67 bits per heavy atom. The molecule has 2 N–H and O–H groups in total. The van der Waals surface area contributed by atoms with Crippen LogP contribution in [0.5, 0.6) is 0 Å². The third kappa shape index (κ3) is 5.03. The Morgan fingerprint density at radius 2 is 2.33 bits per heavy atom. The topological polar surface area (TPSA) is 50.7 Å². The molecule has 0 saturated carbocycles. The van der Waals surface area contributed by atoms with E-state index in [-0.39, 0.29) is 5.96 Å². The summed E-state index contributed by atoms with van der Waals surface area (Å²) in [5.74, 6) is 0.120. The van der Waals surface area contributed by atoms with Gasteiger partial charge in [0.25, 0.3) is 0 Å². The van der Waals surface area contributed by atoms with Crippen molar-refractivity contribution in [2.45, 2.75) is 6.92 Å². The molecule has 0 fully saturated rings. The fourth-order valence-corrected chi connectivity index (χ4v) is 0.245. The summed E-state index contributed by atoms with van der Waals surface area (Å²) in [6, 6.07) is 0. The minimum Gasteiger partial charge on any atom is -0.368 e. The second kappa shape index (κ2) is 4.09. The van der Waals surface area contributed by atoms with Crippen LogP contribution in [0.3, 0.4) is 0 Å². The van der Waals surface area contributed by atoms with Crippen molar-refractivity contribution < 1.29 is 0 Å². The van der Waals surface area contributed by atoms with Gasteiger partial charge in [0, 0.05) is 11.2 Å². The predicted molar refractivity (Wildman–Crippen MR) is 40.8 cm³/mol. The van der Waals surface area contributed by atoms with Crippen LogP contribution in [-0.2, 0) is 0 Å². The van der Waals surface area contributed by atoms with Gasteiger partial charge in [-0.3, -0.25) is 0 Å². The largest absolute Gasteiger partial charge is 0.368 e. The summed E-state index contributed by atoms with van der Waals surface area (Å²) in [6.45, 7) is 4.86. The van der Waals surface area contributed by atoms with E-state index in [9.17, 15) is 0 Å². The zero-order valence-corrected chi connectivity index (χ0v) is 5.89. The molecule has 0 saturated heterocycles. The van der Waals surface area contributed by atoms with Gasteiger partial charge >= 0.3 is 0 Å². The minimum atomic E-state index is 0.120. The summed E-state index contributed by atoms with van der Waals surface area (Å²) in [6.07, 6.45) is 1.41. The molecule has 0 unspecified atom stereocenters. The Balaban J connectivity index is 3.98. The lowest BCUT2D eigenvalue weighted by atomic mass is 10.7. The van der Waals surface area contributed by atoms with Crippen LogP contribution in [0.15, 0.2) is 21.2 Å². The number of nitrogens with zero attached hydrogens (tertiary/aromatic N) is 2. The van der Waals surface area contributed by atoms with E-state index >= 15 is 0 Å². The van der Waals surface area contributed by atoms with Crippen LogP contribution in [0, 0.1) is 0 Å². The smallest absolute Gasteiger partial charge is 0.219 e. The molecule has 0 amide bonds. The van der Waals surface area contributed by atoms with Crippen molar-refractivity contribution in [3.8, 4) is 0 Å². The number of aliphatic imine (C=N–C) groups is 2. The molecule has 0 aliphatic heterocycles. The van der Waals surface area contributed by atoms with E-state index in [1.54, 1.807) is 6.92 Å². The molecule has 9 heavy (non-hydrogen) atoms. The molecule has 50 valence electrons. The van der Waals surface area contributed by atoms with Gasteiger partial charge in [-0.25, -0.2) is 9.98 Å². The first-order chi connectivity index (χ1) is 4.16.